The summed E-state index contributed by atoms with van der Waals surface area (Å²) in [5.74, 6) is 1.05. The number of nitrogens with one attached hydrogen (secondary N) is 2. The Morgan fingerprint density at radius 3 is 2.88 bits per heavy atom. The van der Waals surface area contributed by atoms with E-state index in [1.54, 1.807) is 11.8 Å². The van der Waals surface area contributed by atoms with Crippen molar-refractivity contribution in [1.29, 1.82) is 0 Å². The average Bonchev–Trinajstić information content (AvgIpc) is 2.81. The Morgan fingerprint density at radius 1 is 1.38 bits per heavy atom. The maximum Gasteiger partial charge on any atom is 0.172 e. The number of nitrogens with zero attached hydrogens (tertiary/aromatic N) is 1. The van der Waals surface area contributed by atoms with Gasteiger partial charge in [-0.15, -0.1) is 0 Å². The van der Waals surface area contributed by atoms with Crippen LogP contribution in [0.1, 0.15) is 5.56 Å². The van der Waals surface area contributed by atoms with Crippen molar-refractivity contribution in [3.63, 3.8) is 0 Å². The molecule has 0 atom stereocenters. The van der Waals surface area contributed by atoms with Crippen LogP contribution in [0.4, 0.5) is 0 Å². The van der Waals surface area contributed by atoms with E-state index >= 15 is 0 Å². The zero-order valence-corrected chi connectivity index (χ0v) is 10.4. The normalized spacial score (nSPS) is 14.4. The summed E-state index contributed by atoms with van der Waals surface area (Å²) in [6, 6.07) is 10.2. The first-order valence-electron chi connectivity index (χ1n) is 5.10. The van der Waals surface area contributed by atoms with E-state index in [1.807, 2.05) is 18.2 Å². The standard InChI is InChI=1S/C11H13N3S2/c15-10(14-11-12-6-7-16-11)13-8-9-4-2-1-3-5-9/h1-5H,6-8H2,(H2,12,13,14,15). The molecule has 0 aromatic heterocycles. The van der Waals surface area contributed by atoms with Crippen molar-refractivity contribution in [2.45, 2.75) is 6.54 Å². The highest BCUT2D eigenvalue weighted by atomic mass is 32.2. The van der Waals surface area contributed by atoms with Gasteiger partial charge >= 0.3 is 0 Å². The molecule has 0 spiro atoms. The van der Waals surface area contributed by atoms with E-state index in [0.29, 0.717) is 5.11 Å². The molecule has 0 amide bonds. The third-order valence-corrected chi connectivity index (χ3v) is 3.24. The molecule has 1 aliphatic rings. The lowest BCUT2D eigenvalue weighted by Gasteiger charge is -2.09. The highest BCUT2D eigenvalue weighted by Crippen LogP contribution is 2.08. The summed E-state index contributed by atoms with van der Waals surface area (Å²) in [4.78, 5) is 4.27. The lowest BCUT2D eigenvalue weighted by Crippen LogP contribution is -2.37. The number of amidine groups is 1. The van der Waals surface area contributed by atoms with Crippen molar-refractivity contribution in [3.05, 3.63) is 35.9 Å². The highest BCUT2D eigenvalue weighted by Gasteiger charge is 2.07. The van der Waals surface area contributed by atoms with E-state index in [2.05, 4.69) is 27.8 Å². The molecule has 2 N–H and O–H groups in total. The van der Waals surface area contributed by atoms with E-state index in [-0.39, 0.29) is 0 Å². The van der Waals surface area contributed by atoms with Crippen LogP contribution in [-0.2, 0) is 6.54 Å². The molecule has 0 saturated carbocycles. The summed E-state index contributed by atoms with van der Waals surface area (Å²) >= 11 is 6.88. The number of hydrogen-bond donors (Lipinski definition) is 2. The van der Waals surface area contributed by atoms with Crippen LogP contribution in [0.25, 0.3) is 0 Å². The summed E-state index contributed by atoms with van der Waals surface area (Å²) in [6.07, 6.45) is 0. The molecule has 1 aliphatic heterocycles. The van der Waals surface area contributed by atoms with E-state index < -0.39 is 0 Å². The van der Waals surface area contributed by atoms with Crippen molar-refractivity contribution in [2.24, 2.45) is 4.99 Å². The summed E-state index contributed by atoms with van der Waals surface area (Å²) in [7, 11) is 0. The smallest absolute Gasteiger partial charge is 0.172 e. The van der Waals surface area contributed by atoms with Gasteiger partial charge in [-0.1, -0.05) is 42.1 Å². The van der Waals surface area contributed by atoms with Crippen LogP contribution in [0, 0.1) is 0 Å². The lowest BCUT2D eigenvalue weighted by atomic mass is 10.2. The number of thioether (sulfide) groups is 1. The van der Waals surface area contributed by atoms with Crippen molar-refractivity contribution < 1.29 is 0 Å². The number of thiocarbonyl (C=S) groups is 1. The number of benzene rings is 1. The highest BCUT2D eigenvalue weighted by molar-refractivity contribution is 8.14. The second kappa shape index (κ2) is 5.86. The van der Waals surface area contributed by atoms with Crippen molar-refractivity contribution in [1.82, 2.24) is 10.6 Å². The Kier molecular flexibility index (Phi) is 4.18. The molecule has 2 rings (SSSR count). The Hall–Kier alpha value is -1.07. The quantitative estimate of drug-likeness (QED) is 0.785. The molecule has 3 nitrogen and oxygen atoms in total. The first-order chi connectivity index (χ1) is 7.84. The van der Waals surface area contributed by atoms with Gasteiger partial charge < -0.3 is 10.6 Å². The fourth-order valence-electron chi connectivity index (χ4n) is 1.33. The van der Waals surface area contributed by atoms with Gasteiger partial charge in [0.05, 0.1) is 6.54 Å². The molecule has 0 saturated heterocycles. The minimum Gasteiger partial charge on any atom is -0.358 e. The van der Waals surface area contributed by atoms with Crippen LogP contribution >= 0.6 is 24.0 Å². The molecule has 0 aliphatic carbocycles. The van der Waals surface area contributed by atoms with E-state index in [1.165, 1.54) is 5.56 Å². The molecule has 84 valence electrons. The van der Waals surface area contributed by atoms with Crippen molar-refractivity contribution >= 4 is 34.3 Å². The maximum absolute atomic E-state index is 5.17. The van der Waals surface area contributed by atoms with E-state index in [4.69, 9.17) is 12.2 Å². The molecule has 0 fully saturated rings. The Labute approximate surface area is 105 Å². The molecule has 0 bridgehead atoms. The number of hydrogen-bond acceptors (Lipinski definition) is 3. The SMILES string of the molecule is S=C(NCc1ccccc1)NC1=NCCS1. The van der Waals surface area contributed by atoms with Gasteiger partial charge in [0.2, 0.25) is 0 Å². The minimum absolute atomic E-state index is 0.636. The number of aliphatic imine (C=N–C) groups is 1. The second-order valence-corrected chi connectivity index (χ2v) is 4.82. The molecular weight excluding hydrogens is 238 g/mol. The largest absolute Gasteiger partial charge is 0.358 e. The van der Waals surface area contributed by atoms with Crippen molar-refractivity contribution in [2.75, 3.05) is 12.3 Å². The molecular formula is C11H13N3S2. The first kappa shape index (κ1) is 11.4. The zero-order valence-electron chi connectivity index (χ0n) is 8.77. The van der Waals surface area contributed by atoms with Crippen LogP contribution in [-0.4, -0.2) is 22.6 Å². The molecule has 1 aromatic carbocycles. The van der Waals surface area contributed by atoms with E-state index in [0.717, 1.165) is 24.0 Å². The molecule has 16 heavy (non-hydrogen) atoms. The van der Waals surface area contributed by atoms with Crippen LogP contribution in [0.3, 0.4) is 0 Å². The second-order valence-electron chi connectivity index (χ2n) is 3.33. The third-order valence-electron chi connectivity index (χ3n) is 2.10. The minimum atomic E-state index is 0.636. The fraction of sp³-hybridized carbons (Fsp3) is 0.273. The van der Waals surface area contributed by atoms with Gasteiger partial charge in [-0.2, -0.15) is 0 Å². The van der Waals surface area contributed by atoms with Crippen LogP contribution < -0.4 is 10.6 Å². The number of rotatable bonds is 2. The van der Waals surface area contributed by atoms with Gasteiger partial charge in [-0.05, 0) is 17.8 Å². The van der Waals surface area contributed by atoms with Gasteiger partial charge in [-0.3, -0.25) is 4.99 Å². The van der Waals surface area contributed by atoms with Crippen LogP contribution in [0.2, 0.25) is 0 Å². The maximum atomic E-state index is 5.17. The summed E-state index contributed by atoms with van der Waals surface area (Å²) in [6.45, 7) is 1.62. The fourth-order valence-corrected chi connectivity index (χ4v) is 2.30. The molecule has 0 radical (unpaired) electrons. The monoisotopic (exact) mass is 251 g/mol. The van der Waals surface area contributed by atoms with Crippen LogP contribution in [0.5, 0.6) is 0 Å². The zero-order chi connectivity index (χ0) is 11.2. The predicted molar refractivity (Wildman–Crippen MR) is 73.8 cm³/mol. The predicted octanol–water partition coefficient (Wildman–Crippen LogP) is 1.75. The van der Waals surface area contributed by atoms with Gasteiger partial charge in [0.25, 0.3) is 0 Å². The molecule has 5 heteroatoms. The summed E-state index contributed by atoms with van der Waals surface area (Å²) in [5.41, 5.74) is 1.22. The Balaban J connectivity index is 1.75. The summed E-state index contributed by atoms with van der Waals surface area (Å²) < 4.78 is 0. The van der Waals surface area contributed by atoms with Gasteiger partial charge in [0.15, 0.2) is 10.3 Å². The van der Waals surface area contributed by atoms with Gasteiger partial charge in [0, 0.05) is 12.3 Å². The first-order valence-corrected chi connectivity index (χ1v) is 6.50. The summed E-state index contributed by atoms with van der Waals surface area (Å²) in [5, 5.41) is 7.79. The molecule has 0 unspecified atom stereocenters. The lowest BCUT2D eigenvalue weighted by molar-refractivity contribution is 0.907. The Morgan fingerprint density at radius 2 is 2.19 bits per heavy atom. The van der Waals surface area contributed by atoms with Gasteiger partial charge in [0.1, 0.15) is 0 Å². The molecule has 1 heterocycles. The van der Waals surface area contributed by atoms with Gasteiger partial charge in [-0.25, -0.2) is 0 Å². The molecule has 1 aromatic rings. The average molecular weight is 251 g/mol. The third kappa shape index (κ3) is 3.50. The topological polar surface area (TPSA) is 36.4 Å². The van der Waals surface area contributed by atoms with Crippen LogP contribution in [0.15, 0.2) is 35.3 Å². The van der Waals surface area contributed by atoms with Crippen molar-refractivity contribution in [3.8, 4) is 0 Å². The Bertz CT molecular complexity index is 389. The van der Waals surface area contributed by atoms with E-state index in [9.17, 15) is 0 Å².